The highest BCUT2D eigenvalue weighted by molar-refractivity contribution is 8.01. The molecule has 0 aromatic heterocycles. The predicted octanol–water partition coefficient (Wildman–Crippen LogP) is 2.39. The van der Waals surface area contributed by atoms with E-state index in [0.29, 0.717) is 43.2 Å². The van der Waals surface area contributed by atoms with E-state index in [-0.39, 0.29) is 22.0 Å². The number of hydrogen-bond donors (Lipinski definition) is 2. The Bertz CT molecular complexity index is 1080. The fourth-order valence-electron chi connectivity index (χ4n) is 3.20. The molecule has 10 heteroatoms. The SMILES string of the molecule is CC1Sc2ccc(C(=O)Nc3ccc(S(=O)(=O)N4CCOCC4)cc3)cc2NC1=O. The second-order valence-electron chi connectivity index (χ2n) is 6.96. The van der Waals surface area contributed by atoms with Crippen LogP contribution in [-0.2, 0) is 19.6 Å². The maximum Gasteiger partial charge on any atom is 0.255 e. The van der Waals surface area contributed by atoms with E-state index in [0.717, 1.165) is 4.90 Å². The monoisotopic (exact) mass is 447 g/mol. The van der Waals surface area contributed by atoms with Gasteiger partial charge in [-0.2, -0.15) is 4.31 Å². The molecule has 30 heavy (non-hydrogen) atoms. The van der Waals surface area contributed by atoms with Gasteiger partial charge in [-0.25, -0.2) is 8.42 Å². The standard InChI is InChI=1S/C20H21N3O5S2/c1-13-19(24)22-17-12-14(2-7-18(17)29-13)20(25)21-15-3-5-16(6-4-15)30(26,27)23-8-10-28-11-9-23/h2-7,12-13H,8-11H2,1H3,(H,21,25)(H,22,24). The highest BCUT2D eigenvalue weighted by Gasteiger charge is 2.26. The first-order valence-electron chi connectivity index (χ1n) is 9.45. The normalized spacial score (nSPS) is 19.6. The summed E-state index contributed by atoms with van der Waals surface area (Å²) in [7, 11) is -3.58. The first kappa shape index (κ1) is 20.9. The van der Waals surface area contributed by atoms with E-state index in [4.69, 9.17) is 4.74 Å². The number of sulfonamides is 1. The second-order valence-corrected chi connectivity index (χ2v) is 10.3. The molecule has 2 amide bonds. The highest BCUT2D eigenvalue weighted by atomic mass is 32.2. The first-order valence-corrected chi connectivity index (χ1v) is 11.8. The maximum absolute atomic E-state index is 12.7. The molecular formula is C20H21N3O5S2. The number of morpholine rings is 1. The number of amides is 2. The lowest BCUT2D eigenvalue weighted by Gasteiger charge is -2.26. The molecule has 158 valence electrons. The van der Waals surface area contributed by atoms with Crippen LogP contribution in [0.2, 0.25) is 0 Å². The quantitative estimate of drug-likeness (QED) is 0.746. The van der Waals surface area contributed by atoms with Crippen LogP contribution in [0, 0.1) is 0 Å². The number of fused-ring (bicyclic) bond motifs is 1. The van der Waals surface area contributed by atoms with E-state index in [1.165, 1.54) is 28.2 Å². The van der Waals surface area contributed by atoms with Gasteiger partial charge in [-0.05, 0) is 49.4 Å². The summed E-state index contributed by atoms with van der Waals surface area (Å²) in [6, 6.07) is 11.2. The minimum Gasteiger partial charge on any atom is -0.379 e. The molecule has 1 fully saturated rings. The average Bonchev–Trinajstić information content (AvgIpc) is 2.75. The van der Waals surface area contributed by atoms with E-state index in [9.17, 15) is 18.0 Å². The summed E-state index contributed by atoms with van der Waals surface area (Å²) < 4.78 is 31.9. The van der Waals surface area contributed by atoms with Gasteiger partial charge >= 0.3 is 0 Å². The van der Waals surface area contributed by atoms with Crippen molar-refractivity contribution in [2.45, 2.75) is 22.0 Å². The molecule has 1 unspecified atom stereocenters. The smallest absolute Gasteiger partial charge is 0.255 e. The van der Waals surface area contributed by atoms with Gasteiger partial charge in [0.05, 0.1) is 29.0 Å². The second kappa shape index (κ2) is 8.38. The third-order valence-electron chi connectivity index (χ3n) is 4.89. The lowest BCUT2D eigenvalue weighted by Crippen LogP contribution is -2.40. The molecule has 2 N–H and O–H groups in total. The van der Waals surface area contributed by atoms with Gasteiger partial charge < -0.3 is 15.4 Å². The number of hydrogen-bond acceptors (Lipinski definition) is 6. The number of nitrogens with zero attached hydrogens (tertiary/aromatic N) is 1. The summed E-state index contributed by atoms with van der Waals surface area (Å²) in [5, 5.41) is 5.38. The van der Waals surface area contributed by atoms with Crippen molar-refractivity contribution in [3.63, 3.8) is 0 Å². The van der Waals surface area contributed by atoms with Gasteiger partial charge in [0.25, 0.3) is 5.91 Å². The van der Waals surface area contributed by atoms with Crippen LogP contribution in [0.5, 0.6) is 0 Å². The van der Waals surface area contributed by atoms with Crippen LogP contribution in [0.15, 0.2) is 52.3 Å². The molecule has 2 aliphatic rings. The number of carbonyl (C=O) groups is 2. The molecular weight excluding hydrogens is 426 g/mol. The average molecular weight is 448 g/mol. The van der Waals surface area contributed by atoms with Crippen LogP contribution in [0.25, 0.3) is 0 Å². The summed E-state index contributed by atoms with van der Waals surface area (Å²) in [5.74, 6) is -0.443. The van der Waals surface area contributed by atoms with Crippen molar-refractivity contribution in [1.29, 1.82) is 0 Å². The maximum atomic E-state index is 12.7. The van der Waals surface area contributed by atoms with Gasteiger partial charge in [-0.3, -0.25) is 9.59 Å². The molecule has 2 heterocycles. The molecule has 1 atom stereocenters. The van der Waals surface area contributed by atoms with Crippen molar-refractivity contribution >= 4 is 45.0 Å². The molecule has 1 saturated heterocycles. The van der Waals surface area contributed by atoms with Gasteiger partial charge in [-0.15, -0.1) is 11.8 Å². The molecule has 2 aromatic rings. The number of thioether (sulfide) groups is 1. The van der Waals surface area contributed by atoms with Crippen molar-refractivity contribution in [3.8, 4) is 0 Å². The van der Waals surface area contributed by atoms with Crippen molar-refractivity contribution in [2.24, 2.45) is 0 Å². The number of anilines is 2. The fourth-order valence-corrected chi connectivity index (χ4v) is 5.54. The largest absolute Gasteiger partial charge is 0.379 e. The Labute approximate surface area is 179 Å². The Morgan fingerprint density at radius 2 is 1.87 bits per heavy atom. The molecule has 0 aliphatic carbocycles. The summed E-state index contributed by atoms with van der Waals surface area (Å²) >= 11 is 1.45. The minimum absolute atomic E-state index is 0.0953. The number of ether oxygens (including phenoxy) is 1. The summed E-state index contributed by atoms with van der Waals surface area (Å²) in [4.78, 5) is 25.6. The molecule has 0 radical (unpaired) electrons. The number of benzene rings is 2. The summed E-state index contributed by atoms with van der Waals surface area (Å²) in [5.41, 5.74) is 1.49. The fraction of sp³-hybridized carbons (Fsp3) is 0.300. The Morgan fingerprint density at radius 1 is 1.17 bits per heavy atom. The van der Waals surface area contributed by atoms with Gasteiger partial charge in [0, 0.05) is 29.2 Å². The third-order valence-corrected chi connectivity index (χ3v) is 7.98. The van der Waals surface area contributed by atoms with Gasteiger partial charge in [-0.1, -0.05) is 0 Å². The van der Waals surface area contributed by atoms with Crippen LogP contribution in [-0.4, -0.2) is 56.1 Å². The van der Waals surface area contributed by atoms with Gasteiger partial charge in [0.1, 0.15) is 0 Å². The lowest BCUT2D eigenvalue weighted by atomic mass is 10.1. The number of carbonyl (C=O) groups excluding carboxylic acids is 2. The van der Waals surface area contributed by atoms with E-state index in [2.05, 4.69) is 10.6 Å². The predicted molar refractivity (Wildman–Crippen MR) is 114 cm³/mol. The Balaban J connectivity index is 1.47. The molecule has 2 aromatic carbocycles. The molecule has 8 nitrogen and oxygen atoms in total. The van der Waals surface area contributed by atoms with Crippen LogP contribution < -0.4 is 10.6 Å². The van der Waals surface area contributed by atoms with Gasteiger partial charge in [0.2, 0.25) is 15.9 Å². The van der Waals surface area contributed by atoms with E-state index >= 15 is 0 Å². The van der Waals surface area contributed by atoms with Crippen LogP contribution >= 0.6 is 11.8 Å². The Hall–Kier alpha value is -2.40. The number of nitrogens with one attached hydrogen (secondary N) is 2. The lowest BCUT2D eigenvalue weighted by molar-refractivity contribution is -0.115. The zero-order valence-electron chi connectivity index (χ0n) is 16.3. The van der Waals surface area contributed by atoms with Gasteiger partial charge in [0.15, 0.2) is 0 Å². The zero-order chi connectivity index (χ0) is 21.3. The van der Waals surface area contributed by atoms with E-state index in [1.54, 1.807) is 24.3 Å². The molecule has 2 aliphatic heterocycles. The van der Waals surface area contributed by atoms with Crippen LogP contribution in [0.1, 0.15) is 17.3 Å². The van der Waals surface area contributed by atoms with Crippen molar-refractivity contribution in [1.82, 2.24) is 4.31 Å². The Kier molecular flexibility index (Phi) is 5.83. The molecule has 0 bridgehead atoms. The van der Waals surface area contributed by atoms with Crippen molar-refractivity contribution < 1.29 is 22.7 Å². The minimum atomic E-state index is -3.58. The van der Waals surface area contributed by atoms with E-state index in [1.807, 2.05) is 13.0 Å². The third kappa shape index (κ3) is 4.22. The van der Waals surface area contributed by atoms with E-state index < -0.39 is 10.0 Å². The molecule has 0 saturated carbocycles. The number of rotatable bonds is 4. The van der Waals surface area contributed by atoms with Crippen molar-refractivity contribution in [3.05, 3.63) is 48.0 Å². The van der Waals surface area contributed by atoms with Crippen molar-refractivity contribution in [2.75, 3.05) is 36.9 Å². The first-order chi connectivity index (χ1) is 14.3. The van der Waals surface area contributed by atoms with Crippen LogP contribution in [0.3, 0.4) is 0 Å². The Morgan fingerprint density at radius 3 is 2.57 bits per heavy atom. The molecule has 0 spiro atoms. The topological polar surface area (TPSA) is 105 Å². The molecule has 4 rings (SSSR count). The zero-order valence-corrected chi connectivity index (χ0v) is 17.9. The highest BCUT2D eigenvalue weighted by Crippen LogP contribution is 2.36. The summed E-state index contributed by atoms with van der Waals surface area (Å²) in [6.07, 6.45) is 0. The summed E-state index contributed by atoms with van der Waals surface area (Å²) in [6.45, 7) is 3.24. The van der Waals surface area contributed by atoms with Crippen LogP contribution in [0.4, 0.5) is 11.4 Å².